The average molecular weight is 514 g/mol. The van der Waals surface area contributed by atoms with Crippen LogP contribution < -0.4 is 5.32 Å². The normalized spacial score (nSPS) is 14.8. The number of hydrazone groups is 1. The standard InChI is InChI=1S/C32H27N5S/c1-23-17-19-24(20-18-23)29-21-30(37(34-29)32(38)33-26-13-7-3-8-14-26)28-22-36(27-15-9-4-10-16-27)35-31(28)25-11-5-2-6-12-25/h2-20,22,30H,21H2,1H3,(H,33,38). The SMILES string of the molecule is Cc1ccc(C2=NN(C(=S)Nc3ccccc3)C(c3cn(-c4ccccc4)nc3-c3ccccc3)C2)cc1. The van der Waals surface area contributed by atoms with Crippen molar-refractivity contribution in [3.8, 4) is 16.9 Å². The minimum atomic E-state index is -0.123. The maximum atomic E-state index is 5.94. The van der Waals surface area contributed by atoms with Crippen molar-refractivity contribution in [2.45, 2.75) is 19.4 Å². The van der Waals surface area contributed by atoms with Gasteiger partial charge in [0.25, 0.3) is 0 Å². The monoisotopic (exact) mass is 513 g/mol. The first-order valence-corrected chi connectivity index (χ1v) is 13.1. The van der Waals surface area contributed by atoms with Gasteiger partial charge in [-0.25, -0.2) is 9.69 Å². The van der Waals surface area contributed by atoms with E-state index < -0.39 is 0 Å². The number of rotatable bonds is 5. The van der Waals surface area contributed by atoms with Crippen molar-refractivity contribution >= 4 is 28.7 Å². The van der Waals surface area contributed by atoms with E-state index in [0.29, 0.717) is 11.5 Å². The van der Waals surface area contributed by atoms with Crippen molar-refractivity contribution in [2.24, 2.45) is 5.10 Å². The highest BCUT2D eigenvalue weighted by Crippen LogP contribution is 2.38. The summed E-state index contributed by atoms with van der Waals surface area (Å²) >= 11 is 5.94. The topological polar surface area (TPSA) is 45.5 Å². The number of aromatic nitrogens is 2. The highest BCUT2D eigenvalue weighted by atomic mass is 32.1. The lowest BCUT2D eigenvalue weighted by Crippen LogP contribution is -2.31. The van der Waals surface area contributed by atoms with Crippen LogP contribution in [-0.4, -0.2) is 25.6 Å². The van der Waals surface area contributed by atoms with Gasteiger partial charge in [-0.3, -0.25) is 0 Å². The summed E-state index contributed by atoms with van der Waals surface area (Å²) in [5.41, 5.74) is 8.31. The fourth-order valence-corrected chi connectivity index (χ4v) is 5.01. The van der Waals surface area contributed by atoms with E-state index >= 15 is 0 Å². The van der Waals surface area contributed by atoms with Crippen LogP contribution in [0.25, 0.3) is 16.9 Å². The molecule has 0 spiro atoms. The molecule has 1 unspecified atom stereocenters. The zero-order valence-electron chi connectivity index (χ0n) is 21.0. The molecule has 6 heteroatoms. The molecule has 0 amide bonds. The second-order valence-corrected chi connectivity index (χ2v) is 9.74. The predicted molar refractivity (Wildman–Crippen MR) is 159 cm³/mol. The van der Waals surface area contributed by atoms with Crippen LogP contribution in [0, 0.1) is 6.92 Å². The summed E-state index contributed by atoms with van der Waals surface area (Å²) in [5.74, 6) is 0. The maximum absolute atomic E-state index is 5.94. The summed E-state index contributed by atoms with van der Waals surface area (Å²) < 4.78 is 1.95. The van der Waals surface area contributed by atoms with Crippen LogP contribution in [0.5, 0.6) is 0 Å². The summed E-state index contributed by atoms with van der Waals surface area (Å²) in [6, 6.07) is 38.9. The summed E-state index contributed by atoms with van der Waals surface area (Å²) in [5, 5.41) is 16.0. The Hall–Kier alpha value is -4.55. The summed E-state index contributed by atoms with van der Waals surface area (Å²) in [6.45, 7) is 2.10. The van der Waals surface area contributed by atoms with Crippen LogP contribution in [0.1, 0.15) is 29.2 Å². The number of hydrogen-bond acceptors (Lipinski definition) is 3. The molecule has 2 heterocycles. The van der Waals surface area contributed by atoms with Gasteiger partial charge in [0.1, 0.15) is 0 Å². The van der Waals surface area contributed by atoms with Gasteiger partial charge in [-0.15, -0.1) is 0 Å². The van der Waals surface area contributed by atoms with E-state index in [4.69, 9.17) is 22.4 Å². The molecular formula is C32H27N5S. The molecule has 0 bridgehead atoms. The third-order valence-electron chi connectivity index (χ3n) is 6.70. The number of anilines is 1. The van der Waals surface area contributed by atoms with Gasteiger partial charge in [0.2, 0.25) is 0 Å². The third-order valence-corrected chi connectivity index (χ3v) is 6.99. The molecule has 0 fully saturated rings. The molecule has 38 heavy (non-hydrogen) atoms. The Morgan fingerprint density at radius 1 is 0.789 bits per heavy atom. The molecule has 6 rings (SSSR count). The second-order valence-electron chi connectivity index (χ2n) is 9.35. The number of benzene rings is 4. The Labute approximate surface area is 228 Å². The largest absolute Gasteiger partial charge is 0.331 e. The highest BCUT2D eigenvalue weighted by molar-refractivity contribution is 7.80. The number of thiocarbonyl (C=S) groups is 1. The number of nitrogens with zero attached hydrogens (tertiary/aromatic N) is 4. The molecule has 186 valence electrons. The molecule has 5 aromatic rings. The van der Waals surface area contributed by atoms with Gasteiger partial charge in [-0.2, -0.15) is 10.2 Å². The number of hydrogen-bond donors (Lipinski definition) is 1. The van der Waals surface area contributed by atoms with Crippen molar-refractivity contribution < 1.29 is 0 Å². The molecule has 0 saturated carbocycles. The first kappa shape index (κ1) is 23.8. The van der Waals surface area contributed by atoms with E-state index in [0.717, 1.165) is 39.5 Å². The Morgan fingerprint density at radius 2 is 1.42 bits per heavy atom. The van der Waals surface area contributed by atoms with Gasteiger partial charge in [0, 0.05) is 29.4 Å². The molecule has 0 radical (unpaired) electrons. The highest BCUT2D eigenvalue weighted by Gasteiger charge is 2.35. The molecule has 0 saturated heterocycles. The summed E-state index contributed by atoms with van der Waals surface area (Å²) in [4.78, 5) is 0. The van der Waals surface area contributed by atoms with Crippen LogP contribution in [-0.2, 0) is 0 Å². The van der Waals surface area contributed by atoms with Crippen molar-refractivity contribution in [2.75, 3.05) is 5.32 Å². The van der Waals surface area contributed by atoms with Gasteiger partial charge < -0.3 is 5.32 Å². The van der Waals surface area contributed by atoms with Crippen molar-refractivity contribution in [1.82, 2.24) is 14.8 Å². The van der Waals surface area contributed by atoms with Crippen molar-refractivity contribution in [3.63, 3.8) is 0 Å². The maximum Gasteiger partial charge on any atom is 0.194 e. The average Bonchev–Trinajstić information content (AvgIpc) is 3.60. The van der Waals surface area contributed by atoms with E-state index in [2.05, 4.69) is 67.0 Å². The van der Waals surface area contributed by atoms with Gasteiger partial charge in [0.05, 0.1) is 23.1 Å². The zero-order valence-corrected chi connectivity index (χ0v) is 21.8. The molecule has 1 aliphatic rings. The predicted octanol–water partition coefficient (Wildman–Crippen LogP) is 7.40. The van der Waals surface area contributed by atoms with Gasteiger partial charge in [0.15, 0.2) is 5.11 Å². The minimum Gasteiger partial charge on any atom is -0.331 e. The van der Waals surface area contributed by atoms with Gasteiger partial charge in [-0.05, 0) is 49.0 Å². The van der Waals surface area contributed by atoms with Crippen LogP contribution in [0.2, 0.25) is 0 Å². The molecule has 4 aromatic carbocycles. The molecule has 0 aliphatic carbocycles. The van der Waals surface area contributed by atoms with Crippen LogP contribution in [0.3, 0.4) is 0 Å². The lowest BCUT2D eigenvalue weighted by molar-refractivity contribution is 0.376. The number of para-hydroxylation sites is 2. The Kier molecular flexibility index (Phi) is 6.54. The van der Waals surface area contributed by atoms with Crippen LogP contribution in [0.4, 0.5) is 5.69 Å². The summed E-state index contributed by atoms with van der Waals surface area (Å²) in [7, 11) is 0. The van der Waals surface area contributed by atoms with E-state index in [-0.39, 0.29) is 6.04 Å². The van der Waals surface area contributed by atoms with Crippen molar-refractivity contribution in [3.05, 3.63) is 138 Å². The lowest BCUT2D eigenvalue weighted by atomic mass is 9.96. The molecular weight excluding hydrogens is 486 g/mol. The molecule has 1 aliphatic heterocycles. The third kappa shape index (κ3) is 4.86. The minimum absolute atomic E-state index is 0.123. The lowest BCUT2D eigenvalue weighted by Gasteiger charge is -2.24. The molecule has 1 atom stereocenters. The Bertz CT molecular complexity index is 1580. The number of aryl methyl sites for hydroxylation is 1. The van der Waals surface area contributed by atoms with E-state index in [1.807, 2.05) is 76.4 Å². The quantitative estimate of drug-likeness (QED) is 0.249. The van der Waals surface area contributed by atoms with Crippen molar-refractivity contribution in [1.29, 1.82) is 0 Å². The molecule has 5 nitrogen and oxygen atoms in total. The van der Waals surface area contributed by atoms with Gasteiger partial charge >= 0.3 is 0 Å². The Balaban J connectivity index is 1.44. The van der Waals surface area contributed by atoms with E-state index in [1.54, 1.807) is 0 Å². The first-order chi connectivity index (χ1) is 18.7. The fraction of sp³-hybridized carbons (Fsp3) is 0.0938. The first-order valence-electron chi connectivity index (χ1n) is 12.7. The van der Waals surface area contributed by atoms with E-state index in [1.165, 1.54) is 5.56 Å². The van der Waals surface area contributed by atoms with Crippen LogP contribution >= 0.6 is 12.2 Å². The fourth-order valence-electron chi connectivity index (χ4n) is 4.73. The summed E-state index contributed by atoms with van der Waals surface area (Å²) in [6.07, 6.45) is 2.83. The smallest absolute Gasteiger partial charge is 0.194 e. The second kappa shape index (κ2) is 10.4. The van der Waals surface area contributed by atoms with Gasteiger partial charge in [-0.1, -0.05) is 96.6 Å². The van der Waals surface area contributed by atoms with Crippen LogP contribution in [0.15, 0.2) is 127 Å². The Morgan fingerprint density at radius 3 is 2.11 bits per heavy atom. The molecule has 1 aromatic heterocycles. The zero-order chi connectivity index (χ0) is 25.9. The van der Waals surface area contributed by atoms with E-state index in [9.17, 15) is 0 Å². The number of nitrogens with one attached hydrogen (secondary N) is 1. The molecule has 1 N–H and O–H groups in total.